The summed E-state index contributed by atoms with van der Waals surface area (Å²) in [5.41, 5.74) is 11.9. The first-order valence-electron chi connectivity index (χ1n) is 12.7. The molecule has 0 spiro atoms. The zero-order valence-corrected chi connectivity index (χ0v) is 26.6. The summed E-state index contributed by atoms with van der Waals surface area (Å²) in [5.74, 6) is -0.0158. The van der Waals surface area contributed by atoms with Gasteiger partial charge in [0, 0.05) is 0 Å². The second kappa shape index (κ2) is 11.9. The number of fused-ring (bicyclic) bond motifs is 4. The molecule has 7 rings (SSSR count). The summed E-state index contributed by atoms with van der Waals surface area (Å²) in [6.07, 6.45) is -8.19. The number of phosphoric ester groups is 1. The number of nitrogen functional groups attached to an aromatic ring is 2. The summed E-state index contributed by atoms with van der Waals surface area (Å²) in [4.78, 5) is 36.5. The number of aromatic nitrogens is 8. The molecule has 7 heterocycles. The maximum atomic E-state index is 15.8. The number of phosphoric acid groups is 1. The third-order valence-corrected chi connectivity index (χ3v) is 9.21. The number of imidazole rings is 2. The fraction of sp³-hybridized carbons (Fsp3) is 0.500. The van der Waals surface area contributed by atoms with Crippen molar-refractivity contribution in [3.05, 3.63) is 25.3 Å². The second-order valence-electron chi connectivity index (χ2n) is 9.88. The third-order valence-electron chi connectivity index (χ3n) is 7.24. The van der Waals surface area contributed by atoms with Crippen LogP contribution in [0, 0.1) is 0 Å². The number of alkyl halides is 2. The maximum absolute atomic E-state index is 15.8. The topological polar surface area (TPSA) is 272 Å². The van der Waals surface area contributed by atoms with E-state index in [-0.39, 0.29) is 63.5 Å². The Hall–Kier alpha value is -2.54. The molecule has 45 heavy (non-hydrogen) atoms. The number of nitrogens with zero attached hydrogens (tertiary/aromatic N) is 8. The molecular weight excluding hydrogens is 662 g/mol. The Morgan fingerprint density at radius 1 is 0.889 bits per heavy atom. The number of hydrogen-bond acceptors (Lipinski definition) is 17. The van der Waals surface area contributed by atoms with Crippen LogP contribution in [0.2, 0.25) is 0 Å². The number of ether oxygens (including phenoxy) is 2. The number of nitrogens with one attached hydrogen (secondary N) is 1. The van der Waals surface area contributed by atoms with Crippen molar-refractivity contribution in [3.8, 4) is 0 Å². The van der Waals surface area contributed by atoms with Gasteiger partial charge in [0.25, 0.3) is 7.82 Å². The minimum Gasteiger partial charge on any atom is -0.756 e. The molecule has 3 aliphatic rings. The van der Waals surface area contributed by atoms with Gasteiger partial charge in [0.2, 0.25) is 0 Å². The molecule has 25 heteroatoms. The van der Waals surface area contributed by atoms with Crippen molar-refractivity contribution >= 4 is 52.1 Å². The first-order valence-corrected chi connectivity index (χ1v) is 15.5. The van der Waals surface area contributed by atoms with E-state index in [1.807, 2.05) is 4.72 Å². The quantitative estimate of drug-likeness (QED) is 0.132. The summed E-state index contributed by atoms with van der Waals surface area (Å²) < 4.78 is 101. The van der Waals surface area contributed by atoms with Crippen molar-refractivity contribution < 1.29 is 78.9 Å². The Morgan fingerprint density at radius 3 is 2.04 bits per heavy atom. The predicted molar refractivity (Wildman–Crippen MR) is 137 cm³/mol. The Kier molecular flexibility index (Phi) is 8.58. The van der Waals surface area contributed by atoms with E-state index in [4.69, 9.17) is 34.2 Å². The van der Waals surface area contributed by atoms with E-state index in [9.17, 15) is 17.9 Å². The largest absolute Gasteiger partial charge is 1.00 e. The fourth-order valence-corrected chi connectivity index (χ4v) is 7.15. The van der Waals surface area contributed by atoms with Gasteiger partial charge < -0.3 is 34.9 Å². The Bertz CT molecular complexity index is 1910. The normalized spacial score (nSPS) is 35.3. The predicted octanol–water partition coefficient (Wildman–Crippen LogP) is -4.59. The molecule has 0 aliphatic carbocycles. The summed E-state index contributed by atoms with van der Waals surface area (Å²) in [6, 6.07) is -1.73. The van der Waals surface area contributed by atoms with E-state index < -0.39 is 80.5 Å². The zero-order valence-electron chi connectivity index (χ0n) is 22.9. The molecule has 236 valence electrons. The molecule has 0 aromatic carbocycles. The van der Waals surface area contributed by atoms with Gasteiger partial charge in [0.1, 0.15) is 42.0 Å². The minimum atomic E-state index is -5.36. The molecule has 20 nitrogen and oxygen atoms in total. The standard InChI is InChI=1S/C20H22F2N11O9PS.Na/c21-9-11-7(40-19(9)32-5-29-12-15(23)25-3-27-17(12)32)1-38-43(34,35)42-14-8(2-39-44(36,37)31-11)41-20(10(14)22)33-6-30-13-16(24)26-4-28-18(13)33;/h3-11,14,19-20,31H,1-2H2,(H,34,35)(H2,23,25,27)(H2,24,26,28);/q;+1/p-1/t7-,8-,9-,10-,11-,14-,19-,20-;/m1./s1. The smallest absolute Gasteiger partial charge is 0.756 e. The Morgan fingerprint density at radius 2 is 1.44 bits per heavy atom. The van der Waals surface area contributed by atoms with Gasteiger partial charge in [0.05, 0.1) is 31.9 Å². The van der Waals surface area contributed by atoms with Crippen LogP contribution in [0.3, 0.4) is 0 Å². The molecule has 3 fully saturated rings. The van der Waals surface area contributed by atoms with Crippen LogP contribution >= 0.6 is 7.82 Å². The molecule has 4 aromatic heterocycles. The number of anilines is 2. The molecule has 3 saturated heterocycles. The van der Waals surface area contributed by atoms with Crippen LogP contribution in [0.15, 0.2) is 25.3 Å². The van der Waals surface area contributed by atoms with Crippen LogP contribution in [-0.4, -0.2) is 97.4 Å². The molecule has 0 bridgehead atoms. The van der Waals surface area contributed by atoms with Gasteiger partial charge in [-0.05, 0) is 0 Å². The van der Waals surface area contributed by atoms with Crippen LogP contribution in [0.25, 0.3) is 22.3 Å². The average molecular weight is 683 g/mol. The number of nitrogens with two attached hydrogens (primary N) is 2. The molecule has 4 aromatic rings. The number of rotatable bonds is 2. The van der Waals surface area contributed by atoms with E-state index in [1.165, 1.54) is 0 Å². The van der Waals surface area contributed by atoms with Crippen LogP contribution in [0.1, 0.15) is 12.5 Å². The van der Waals surface area contributed by atoms with Crippen molar-refractivity contribution in [1.82, 2.24) is 43.8 Å². The van der Waals surface area contributed by atoms with Gasteiger partial charge in [-0.25, -0.2) is 38.7 Å². The summed E-state index contributed by atoms with van der Waals surface area (Å²) in [7, 11) is -10.2. The SMILES string of the molecule is Nc1ncnc2c1ncn2[C@@H]1O[C@@H]2COP(=O)([O-])O[C@H]3[C@@H](F)[C@H](n4cnc5c(N)ncnc54)O[C@@H]3COS(=O)(=O)N[C@H]2[C@H]1F.[Na+]. The van der Waals surface area contributed by atoms with Gasteiger partial charge in [-0.2, -0.15) is 13.1 Å². The number of halogens is 2. The molecule has 1 unspecified atom stereocenters. The van der Waals surface area contributed by atoms with Gasteiger partial charge in [0.15, 0.2) is 47.7 Å². The fourth-order valence-electron chi connectivity index (χ4n) is 5.22. The van der Waals surface area contributed by atoms with Crippen LogP contribution in [-0.2, 0) is 37.6 Å². The van der Waals surface area contributed by atoms with Crippen LogP contribution in [0.4, 0.5) is 20.4 Å². The van der Waals surface area contributed by atoms with Gasteiger partial charge >= 0.3 is 39.9 Å². The molecule has 0 saturated carbocycles. The number of hydrogen-bond donors (Lipinski definition) is 3. The summed E-state index contributed by atoms with van der Waals surface area (Å²) in [6.45, 7) is -1.88. The van der Waals surface area contributed by atoms with Crippen molar-refractivity contribution in [2.24, 2.45) is 0 Å². The van der Waals surface area contributed by atoms with E-state index in [0.29, 0.717) is 0 Å². The average Bonchev–Trinajstić information content (AvgIpc) is 3.73. The second-order valence-corrected chi connectivity index (χ2v) is 12.6. The van der Waals surface area contributed by atoms with Gasteiger partial charge in [-0.3, -0.25) is 17.9 Å². The maximum Gasteiger partial charge on any atom is 1.00 e. The molecule has 0 amide bonds. The first kappa shape index (κ1) is 32.4. The summed E-state index contributed by atoms with van der Waals surface area (Å²) in [5, 5.41) is 0. The molecular formula is C20H21F2N11NaO9PS. The first-order chi connectivity index (χ1) is 20.9. The summed E-state index contributed by atoms with van der Waals surface area (Å²) >= 11 is 0. The van der Waals surface area contributed by atoms with E-state index in [0.717, 1.165) is 34.4 Å². The van der Waals surface area contributed by atoms with Crippen LogP contribution < -0.4 is 50.6 Å². The van der Waals surface area contributed by atoms with Crippen molar-refractivity contribution in [2.75, 3.05) is 24.7 Å². The zero-order chi connectivity index (χ0) is 31.0. The minimum absolute atomic E-state index is 0. The van der Waals surface area contributed by atoms with E-state index >= 15 is 8.78 Å². The van der Waals surface area contributed by atoms with Crippen LogP contribution in [0.5, 0.6) is 0 Å². The Labute approximate surface area is 272 Å². The molecule has 0 radical (unpaired) electrons. The molecule has 5 N–H and O–H groups in total. The monoisotopic (exact) mass is 683 g/mol. The van der Waals surface area contributed by atoms with Gasteiger partial charge in [-0.15, -0.1) is 0 Å². The van der Waals surface area contributed by atoms with Crippen molar-refractivity contribution in [1.29, 1.82) is 0 Å². The van der Waals surface area contributed by atoms with E-state index in [1.54, 1.807) is 0 Å². The van der Waals surface area contributed by atoms with Crippen molar-refractivity contribution in [2.45, 2.75) is 49.2 Å². The third kappa shape index (κ3) is 5.80. The van der Waals surface area contributed by atoms with Crippen molar-refractivity contribution in [3.63, 3.8) is 0 Å². The molecule has 3 aliphatic heterocycles. The van der Waals surface area contributed by atoms with Gasteiger partial charge in [-0.1, -0.05) is 0 Å². The molecule has 9 atom stereocenters. The van der Waals surface area contributed by atoms with E-state index in [2.05, 4.69) is 29.9 Å². The Balaban J connectivity index is 0.00000357.